The molecule has 1 aromatic rings. The summed E-state index contributed by atoms with van der Waals surface area (Å²) in [6.07, 6.45) is 0.425. The van der Waals surface area contributed by atoms with E-state index in [2.05, 4.69) is 10.9 Å². The van der Waals surface area contributed by atoms with Crippen LogP contribution in [0.4, 0.5) is 0 Å². The van der Waals surface area contributed by atoms with Crippen molar-refractivity contribution in [1.29, 1.82) is 0 Å². The van der Waals surface area contributed by atoms with Crippen LogP contribution in [-0.2, 0) is 20.9 Å². The van der Waals surface area contributed by atoms with Crippen molar-refractivity contribution in [1.82, 2.24) is 15.8 Å². The molecule has 1 aromatic carbocycles. The van der Waals surface area contributed by atoms with Crippen molar-refractivity contribution in [2.24, 2.45) is 5.92 Å². The summed E-state index contributed by atoms with van der Waals surface area (Å²) in [5, 5.41) is 0. The first-order valence-electron chi connectivity index (χ1n) is 7.03. The molecule has 21 heavy (non-hydrogen) atoms. The molecule has 1 fully saturated rings. The van der Waals surface area contributed by atoms with Gasteiger partial charge in [-0.3, -0.25) is 25.2 Å². The predicted octanol–water partition coefficient (Wildman–Crippen LogP) is 0.592. The molecule has 0 saturated carbocycles. The number of hydrogen-bond acceptors (Lipinski definition) is 3. The number of hydrazine groups is 1. The Bertz CT molecular complexity index is 514. The monoisotopic (exact) mass is 289 g/mol. The zero-order chi connectivity index (χ0) is 15.2. The van der Waals surface area contributed by atoms with Gasteiger partial charge in [0.15, 0.2) is 0 Å². The highest BCUT2D eigenvalue weighted by Gasteiger charge is 2.33. The number of rotatable bonds is 6. The first-order chi connectivity index (χ1) is 10.1. The lowest BCUT2D eigenvalue weighted by atomic mass is 10.0. The molecule has 0 atom stereocenters. The summed E-state index contributed by atoms with van der Waals surface area (Å²) in [7, 11) is 0. The zero-order valence-electron chi connectivity index (χ0n) is 12.0. The normalized spacial score (nSPS) is 14.7. The van der Waals surface area contributed by atoms with Crippen molar-refractivity contribution < 1.29 is 14.4 Å². The highest BCUT2D eigenvalue weighted by molar-refractivity contribution is 6.05. The van der Waals surface area contributed by atoms with E-state index in [-0.39, 0.29) is 30.6 Å². The van der Waals surface area contributed by atoms with E-state index in [0.29, 0.717) is 13.1 Å². The third kappa shape index (κ3) is 3.81. The van der Waals surface area contributed by atoms with E-state index >= 15 is 0 Å². The molecule has 0 radical (unpaired) electrons. The summed E-state index contributed by atoms with van der Waals surface area (Å²) in [6, 6.07) is 9.72. The van der Waals surface area contributed by atoms with Crippen LogP contribution >= 0.6 is 0 Å². The first kappa shape index (κ1) is 15.0. The third-order valence-electron chi connectivity index (χ3n) is 3.54. The lowest BCUT2D eigenvalue weighted by molar-refractivity contribution is -0.132. The highest BCUT2D eigenvalue weighted by atomic mass is 16.2. The van der Waals surface area contributed by atoms with Crippen LogP contribution in [0.15, 0.2) is 30.3 Å². The molecule has 6 heteroatoms. The van der Waals surface area contributed by atoms with Gasteiger partial charge in [0.1, 0.15) is 5.92 Å². The highest BCUT2D eigenvalue weighted by Crippen LogP contribution is 2.13. The fourth-order valence-corrected chi connectivity index (χ4v) is 2.28. The summed E-state index contributed by atoms with van der Waals surface area (Å²) < 4.78 is 0. The minimum atomic E-state index is -0.760. The Morgan fingerprint density at radius 3 is 2.33 bits per heavy atom. The van der Waals surface area contributed by atoms with Crippen LogP contribution < -0.4 is 10.9 Å². The number of amides is 3. The number of carbonyl (C=O) groups excluding carboxylic acids is 3. The van der Waals surface area contributed by atoms with Crippen LogP contribution in [0, 0.1) is 5.92 Å². The van der Waals surface area contributed by atoms with E-state index in [0.717, 1.165) is 5.56 Å². The molecular formula is C15H19N3O3. The standard InChI is InChI=1S/C15H19N3O3/c1-2-18(10-11-6-4-3-5-7-11)13(19)9-8-12-14(20)16-17-15(12)21/h3-7,12H,2,8-10H2,1H3,(H,16,20)(H,17,21). The van der Waals surface area contributed by atoms with Crippen LogP contribution in [0.2, 0.25) is 0 Å². The van der Waals surface area contributed by atoms with Crippen molar-refractivity contribution in [2.75, 3.05) is 6.54 Å². The average Bonchev–Trinajstić information content (AvgIpc) is 2.82. The van der Waals surface area contributed by atoms with Crippen LogP contribution in [0.1, 0.15) is 25.3 Å². The Morgan fingerprint density at radius 2 is 1.76 bits per heavy atom. The van der Waals surface area contributed by atoms with Gasteiger partial charge in [0.05, 0.1) is 0 Å². The largest absolute Gasteiger partial charge is 0.339 e. The van der Waals surface area contributed by atoms with Crippen LogP contribution in [0.25, 0.3) is 0 Å². The summed E-state index contributed by atoms with van der Waals surface area (Å²) in [4.78, 5) is 36.8. The second kappa shape index (κ2) is 6.88. The Labute approximate surface area is 123 Å². The van der Waals surface area contributed by atoms with Gasteiger partial charge in [0, 0.05) is 19.5 Å². The molecule has 0 unspecified atom stereocenters. The van der Waals surface area contributed by atoms with Crippen molar-refractivity contribution >= 4 is 17.7 Å². The lowest BCUT2D eigenvalue weighted by Crippen LogP contribution is -2.31. The summed E-state index contributed by atoms with van der Waals surface area (Å²) >= 11 is 0. The number of hydrogen-bond donors (Lipinski definition) is 2. The molecule has 0 aromatic heterocycles. The van der Waals surface area contributed by atoms with Crippen LogP contribution in [0.5, 0.6) is 0 Å². The SMILES string of the molecule is CCN(Cc1ccccc1)C(=O)CCC1C(=O)NNC1=O. The van der Waals surface area contributed by atoms with Gasteiger partial charge in [-0.2, -0.15) is 0 Å². The molecule has 6 nitrogen and oxygen atoms in total. The molecular weight excluding hydrogens is 270 g/mol. The van der Waals surface area contributed by atoms with Crippen molar-refractivity contribution in [3.63, 3.8) is 0 Å². The summed E-state index contributed by atoms with van der Waals surface area (Å²) in [5.41, 5.74) is 5.58. The molecule has 112 valence electrons. The van der Waals surface area contributed by atoms with E-state index in [1.165, 1.54) is 0 Å². The molecule has 1 saturated heterocycles. The van der Waals surface area contributed by atoms with E-state index < -0.39 is 5.92 Å². The lowest BCUT2D eigenvalue weighted by Gasteiger charge is -2.21. The maximum Gasteiger partial charge on any atom is 0.251 e. The molecule has 0 bridgehead atoms. The second-order valence-corrected chi connectivity index (χ2v) is 4.96. The Hall–Kier alpha value is -2.37. The van der Waals surface area contributed by atoms with E-state index in [1.54, 1.807) is 4.90 Å². The van der Waals surface area contributed by atoms with Crippen molar-refractivity contribution in [3.05, 3.63) is 35.9 Å². The molecule has 0 aliphatic carbocycles. The molecule has 2 rings (SSSR count). The Morgan fingerprint density at radius 1 is 1.14 bits per heavy atom. The predicted molar refractivity (Wildman–Crippen MR) is 76.5 cm³/mol. The summed E-state index contributed by atoms with van der Waals surface area (Å²) in [5.74, 6) is -1.53. The third-order valence-corrected chi connectivity index (χ3v) is 3.54. The van der Waals surface area contributed by atoms with Crippen LogP contribution in [-0.4, -0.2) is 29.2 Å². The molecule has 1 aliphatic heterocycles. The van der Waals surface area contributed by atoms with Gasteiger partial charge in [-0.15, -0.1) is 0 Å². The Balaban J connectivity index is 1.88. The average molecular weight is 289 g/mol. The minimum Gasteiger partial charge on any atom is -0.339 e. The van der Waals surface area contributed by atoms with Gasteiger partial charge >= 0.3 is 0 Å². The van der Waals surface area contributed by atoms with E-state index in [9.17, 15) is 14.4 Å². The zero-order valence-corrected chi connectivity index (χ0v) is 12.0. The van der Waals surface area contributed by atoms with Gasteiger partial charge in [-0.05, 0) is 18.9 Å². The van der Waals surface area contributed by atoms with Crippen molar-refractivity contribution in [2.45, 2.75) is 26.3 Å². The van der Waals surface area contributed by atoms with Crippen LogP contribution in [0.3, 0.4) is 0 Å². The molecule has 1 aliphatic rings. The number of nitrogens with zero attached hydrogens (tertiary/aromatic N) is 1. The fraction of sp³-hybridized carbons (Fsp3) is 0.400. The van der Waals surface area contributed by atoms with E-state index in [1.807, 2.05) is 37.3 Å². The molecule has 1 heterocycles. The second-order valence-electron chi connectivity index (χ2n) is 4.96. The van der Waals surface area contributed by atoms with Gasteiger partial charge < -0.3 is 4.90 Å². The van der Waals surface area contributed by atoms with E-state index in [4.69, 9.17) is 0 Å². The first-order valence-corrected chi connectivity index (χ1v) is 7.03. The van der Waals surface area contributed by atoms with Gasteiger partial charge in [-0.25, -0.2) is 0 Å². The van der Waals surface area contributed by atoms with Gasteiger partial charge in [0.25, 0.3) is 11.8 Å². The summed E-state index contributed by atoms with van der Waals surface area (Å²) in [6.45, 7) is 3.05. The van der Waals surface area contributed by atoms with Gasteiger partial charge in [0.2, 0.25) is 5.91 Å². The van der Waals surface area contributed by atoms with Gasteiger partial charge in [-0.1, -0.05) is 30.3 Å². The smallest absolute Gasteiger partial charge is 0.251 e. The van der Waals surface area contributed by atoms with Crippen molar-refractivity contribution in [3.8, 4) is 0 Å². The quantitative estimate of drug-likeness (QED) is 0.752. The number of benzene rings is 1. The maximum absolute atomic E-state index is 12.2. The number of nitrogens with one attached hydrogen (secondary N) is 2. The molecule has 0 spiro atoms. The maximum atomic E-state index is 12.2. The Kier molecular flexibility index (Phi) is 4.92. The topological polar surface area (TPSA) is 78.5 Å². The molecule has 3 amide bonds. The molecule has 2 N–H and O–H groups in total. The fourth-order valence-electron chi connectivity index (χ4n) is 2.28. The minimum absolute atomic E-state index is 0.0474. The number of carbonyl (C=O) groups is 3.